The van der Waals surface area contributed by atoms with E-state index in [0.717, 1.165) is 42.6 Å². The van der Waals surface area contributed by atoms with Crippen molar-refractivity contribution >= 4 is 11.6 Å². The van der Waals surface area contributed by atoms with Gasteiger partial charge in [0.2, 0.25) is 0 Å². The third-order valence-corrected chi connectivity index (χ3v) is 7.74. The number of aliphatic hydroxyl groups excluding tert-OH is 1. The van der Waals surface area contributed by atoms with Crippen molar-refractivity contribution in [2.24, 2.45) is 5.92 Å². The predicted octanol–water partition coefficient (Wildman–Crippen LogP) is 4.73. The Morgan fingerprint density at radius 3 is 2.72 bits per heavy atom. The third-order valence-electron chi connectivity index (χ3n) is 7.74. The second-order valence-electron chi connectivity index (χ2n) is 10.4. The smallest absolute Gasteiger partial charge is 0.257 e. The third kappa shape index (κ3) is 6.54. The number of hydrogen-bond donors (Lipinski definition) is 2. The Labute approximate surface area is 229 Å². The van der Waals surface area contributed by atoms with Crippen LogP contribution in [-0.4, -0.2) is 59.8 Å². The van der Waals surface area contributed by atoms with Gasteiger partial charge in [-0.15, -0.1) is 0 Å². The number of ether oxygens (including phenoxy) is 3. The summed E-state index contributed by atoms with van der Waals surface area (Å²) in [5.41, 5.74) is 3.90. The van der Waals surface area contributed by atoms with E-state index in [1.807, 2.05) is 48.5 Å². The van der Waals surface area contributed by atoms with Crippen molar-refractivity contribution in [3.05, 3.63) is 95.3 Å². The van der Waals surface area contributed by atoms with Gasteiger partial charge in [-0.1, -0.05) is 43.3 Å². The first-order valence-electron chi connectivity index (χ1n) is 13.6. The summed E-state index contributed by atoms with van der Waals surface area (Å²) in [5.74, 6) is -0.129. The number of nitrogens with one attached hydrogen (secondary N) is 1. The summed E-state index contributed by atoms with van der Waals surface area (Å²) >= 11 is 0. The Hall–Kier alpha value is -3.14. The van der Waals surface area contributed by atoms with Crippen LogP contribution >= 0.6 is 0 Å². The van der Waals surface area contributed by atoms with E-state index >= 15 is 0 Å². The molecule has 0 saturated carbocycles. The number of pyridine rings is 1. The maximum absolute atomic E-state index is 12.7. The molecule has 39 heavy (non-hydrogen) atoms. The van der Waals surface area contributed by atoms with Gasteiger partial charge in [0.05, 0.1) is 31.0 Å². The minimum absolute atomic E-state index is 0.00310. The number of rotatable bonds is 9. The highest BCUT2D eigenvalue weighted by Gasteiger charge is 2.40. The Morgan fingerprint density at radius 1 is 1.13 bits per heavy atom. The molecule has 206 valence electrons. The van der Waals surface area contributed by atoms with Crippen molar-refractivity contribution in [3.8, 4) is 0 Å². The average Bonchev–Trinajstić information content (AvgIpc) is 3.41. The van der Waals surface area contributed by atoms with Crippen LogP contribution in [0.15, 0.2) is 73.1 Å². The summed E-state index contributed by atoms with van der Waals surface area (Å²) in [7, 11) is 1.76. The molecule has 3 aromatic rings. The van der Waals surface area contributed by atoms with Gasteiger partial charge in [0.15, 0.2) is 6.29 Å². The fourth-order valence-corrected chi connectivity index (χ4v) is 5.54. The summed E-state index contributed by atoms with van der Waals surface area (Å²) in [6.07, 6.45) is 4.59. The van der Waals surface area contributed by atoms with Gasteiger partial charge in [0.25, 0.3) is 5.91 Å². The Morgan fingerprint density at radius 2 is 1.97 bits per heavy atom. The summed E-state index contributed by atoms with van der Waals surface area (Å²) < 4.78 is 18.7. The van der Waals surface area contributed by atoms with Crippen molar-refractivity contribution in [1.29, 1.82) is 0 Å². The molecule has 5 atom stereocenters. The molecular weight excluding hydrogens is 494 g/mol. The van der Waals surface area contributed by atoms with Gasteiger partial charge in [-0.3, -0.25) is 14.7 Å². The van der Waals surface area contributed by atoms with E-state index in [0.29, 0.717) is 23.9 Å². The van der Waals surface area contributed by atoms with Crippen LogP contribution in [0.3, 0.4) is 0 Å². The Bertz CT molecular complexity index is 1220. The van der Waals surface area contributed by atoms with Gasteiger partial charge in [-0.25, -0.2) is 0 Å². The second kappa shape index (κ2) is 12.8. The van der Waals surface area contributed by atoms with Crippen LogP contribution < -0.4 is 5.32 Å². The first-order valence-corrected chi connectivity index (χ1v) is 13.6. The van der Waals surface area contributed by atoms with E-state index in [1.54, 1.807) is 31.6 Å². The molecule has 0 aliphatic carbocycles. The number of likely N-dealkylation sites (tertiary alicyclic amines) is 1. The number of nitrogens with zero attached hydrogens (tertiary/aromatic N) is 2. The summed E-state index contributed by atoms with van der Waals surface area (Å²) in [4.78, 5) is 19.2. The number of amides is 1. The van der Waals surface area contributed by atoms with E-state index in [-0.39, 0.29) is 30.6 Å². The molecule has 0 radical (unpaired) electrons. The second-order valence-corrected chi connectivity index (χ2v) is 10.4. The van der Waals surface area contributed by atoms with Crippen molar-refractivity contribution in [2.45, 2.75) is 50.9 Å². The van der Waals surface area contributed by atoms with E-state index in [2.05, 4.69) is 22.1 Å². The number of aliphatic hydroxyl groups is 1. The minimum Gasteiger partial charge on any atom is -0.392 e. The lowest BCUT2D eigenvalue weighted by Crippen LogP contribution is -2.46. The van der Waals surface area contributed by atoms with Gasteiger partial charge >= 0.3 is 0 Å². The molecule has 0 bridgehead atoms. The molecule has 2 aliphatic rings. The van der Waals surface area contributed by atoms with E-state index in [9.17, 15) is 9.90 Å². The largest absolute Gasteiger partial charge is 0.392 e. The lowest BCUT2D eigenvalue weighted by Gasteiger charge is -2.43. The lowest BCUT2D eigenvalue weighted by atomic mass is 9.90. The molecule has 3 heterocycles. The molecule has 1 aromatic heterocycles. The van der Waals surface area contributed by atoms with E-state index in [4.69, 9.17) is 14.2 Å². The molecular formula is C31H37N3O5. The topological polar surface area (TPSA) is 93.2 Å². The highest BCUT2D eigenvalue weighted by molar-refractivity contribution is 6.04. The van der Waals surface area contributed by atoms with E-state index < -0.39 is 6.29 Å². The minimum atomic E-state index is -0.604. The lowest BCUT2D eigenvalue weighted by molar-refractivity contribution is -0.276. The van der Waals surface area contributed by atoms with Crippen LogP contribution in [0.5, 0.6) is 0 Å². The van der Waals surface area contributed by atoms with Crippen LogP contribution in [0.2, 0.25) is 0 Å². The monoisotopic (exact) mass is 531 g/mol. The highest BCUT2D eigenvalue weighted by atomic mass is 16.7. The number of hydrogen-bond acceptors (Lipinski definition) is 7. The molecule has 2 N–H and O–H groups in total. The number of methoxy groups -OCH3 is 1. The van der Waals surface area contributed by atoms with Gasteiger partial charge in [0.1, 0.15) is 0 Å². The van der Waals surface area contributed by atoms with Crippen molar-refractivity contribution in [3.63, 3.8) is 0 Å². The normalized spacial score (nSPS) is 25.5. The van der Waals surface area contributed by atoms with Crippen molar-refractivity contribution in [2.75, 3.05) is 32.1 Å². The van der Waals surface area contributed by atoms with Crippen LogP contribution in [-0.2, 0) is 20.8 Å². The first-order chi connectivity index (χ1) is 19.1. The molecule has 8 nitrogen and oxygen atoms in total. The van der Waals surface area contributed by atoms with Crippen LogP contribution in [0, 0.1) is 5.92 Å². The van der Waals surface area contributed by atoms with Crippen LogP contribution in [0.4, 0.5) is 5.69 Å². The van der Waals surface area contributed by atoms with Crippen molar-refractivity contribution in [1.82, 2.24) is 9.88 Å². The molecule has 2 saturated heterocycles. The molecule has 8 heteroatoms. The van der Waals surface area contributed by atoms with Gasteiger partial charge in [0, 0.05) is 49.3 Å². The number of benzene rings is 2. The Kier molecular flexibility index (Phi) is 9.01. The quantitative estimate of drug-likeness (QED) is 0.412. The summed E-state index contributed by atoms with van der Waals surface area (Å²) in [5, 5.41) is 12.5. The zero-order chi connectivity index (χ0) is 27.2. The van der Waals surface area contributed by atoms with Gasteiger partial charge in [-0.05, 0) is 54.8 Å². The van der Waals surface area contributed by atoms with Crippen molar-refractivity contribution < 1.29 is 24.1 Å². The zero-order valence-corrected chi connectivity index (χ0v) is 22.5. The number of aromatic nitrogens is 1. The fraction of sp³-hybridized carbons (Fsp3) is 0.419. The molecule has 2 aromatic carbocycles. The van der Waals surface area contributed by atoms with Crippen LogP contribution in [0.1, 0.15) is 59.2 Å². The molecule has 0 spiro atoms. The zero-order valence-electron chi connectivity index (χ0n) is 22.5. The Balaban J connectivity index is 1.39. The standard InChI is InChI=1S/C31H37N3O5/c1-21-28(18-34-15-5-9-27(34)20-37-2)38-31(39-29(21)23-12-10-22(19-35)11-13-23)24-6-3-8-26(16-24)33-30(36)25-7-4-14-32-17-25/h3-4,6-8,10-14,16-17,21,27-29,31,35H,5,9,15,18-20H2,1-2H3,(H,33,36). The summed E-state index contributed by atoms with van der Waals surface area (Å²) in [6.45, 7) is 4.71. The van der Waals surface area contributed by atoms with Gasteiger partial charge < -0.3 is 24.6 Å². The van der Waals surface area contributed by atoms with Crippen LogP contribution in [0.25, 0.3) is 0 Å². The molecule has 5 rings (SSSR count). The van der Waals surface area contributed by atoms with E-state index in [1.165, 1.54) is 0 Å². The maximum atomic E-state index is 12.7. The molecule has 2 fully saturated rings. The van der Waals surface area contributed by atoms with Gasteiger partial charge in [-0.2, -0.15) is 0 Å². The SMILES string of the molecule is COCC1CCCN1CC1OC(c2cccc(NC(=O)c3cccnc3)c2)OC(c2ccc(CO)cc2)C1C. The molecule has 2 aliphatic heterocycles. The first kappa shape index (κ1) is 27.4. The maximum Gasteiger partial charge on any atom is 0.257 e. The number of anilines is 1. The highest BCUT2D eigenvalue weighted by Crippen LogP contribution is 2.42. The predicted molar refractivity (Wildman–Crippen MR) is 148 cm³/mol. The number of carbonyl (C=O) groups excluding carboxylic acids is 1. The number of carbonyl (C=O) groups is 1. The molecule has 5 unspecified atom stereocenters. The fourth-order valence-electron chi connectivity index (χ4n) is 5.54. The average molecular weight is 532 g/mol. The molecule has 1 amide bonds. The summed E-state index contributed by atoms with van der Waals surface area (Å²) in [6, 6.07) is 19.4.